The summed E-state index contributed by atoms with van der Waals surface area (Å²) in [7, 11) is 0. The van der Waals surface area contributed by atoms with Crippen molar-refractivity contribution in [2.45, 2.75) is 26.3 Å². The van der Waals surface area contributed by atoms with Crippen LogP contribution < -0.4 is 5.32 Å². The van der Waals surface area contributed by atoms with Crippen molar-refractivity contribution in [3.8, 4) is 0 Å². The highest BCUT2D eigenvalue weighted by Gasteiger charge is 2.41. The van der Waals surface area contributed by atoms with Crippen LogP contribution in [0, 0.1) is 13.8 Å². The van der Waals surface area contributed by atoms with Gasteiger partial charge in [0, 0.05) is 6.92 Å². The highest BCUT2D eigenvalue weighted by molar-refractivity contribution is 5.74. The molecular weight excluding hydrogens is 202 g/mol. The molecule has 2 rings (SSSR count). The molecule has 0 aliphatic carbocycles. The molecule has 86 valence electrons. The van der Waals surface area contributed by atoms with Gasteiger partial charge in [0.25, 0.3) is 0 Å². The van der Waals surface area contributed by atoms with Crippen molar-refractivity contribution in [1.29, 1.82) is 0 Å². The lowest BCUT2D eigenvalue weighted by molar-refractivity contribution is -0.131. The lowest BCUT2D eigenvalue weighted by Crippen LogP contribution is -2.59. The maximum atomic E-state index is 11.2. The standard InChI is InChI=1S/C13H17NO2/c1-9-4-5-12(10(2)6-9)13(7-16-8-13)14-11(3)15/h4-6H,7-8H2,1-3H3,(H,14,15). The van der Waals surface area contributed by atoms with E-state index in [0.717, 1.165) is 0 Å². The first-order valence-corrected chi connectivity index (χ1v) is 5.48. The number of ether oxygens (including phenoxy) is 1. The summed E-state index contributed by atoms with van der Waals surface area (Å²) >= 11 is 0. The van der Waals surface area contributed by atoms with E-state index in [1.54, 1.807) is 6.92 Å². The van der Waals surface area contributed by atoms with Crippen molar-refractivity contribution in [2.75, 3.05) is 13.2 Å². The fraction of sp³-hybridized carbons (Fsp3) is 0.462. The van der Waals surface area contributed by atoms with Crippen molar-refractivity contribution in [2.24, 2.45) is 0 Å². The Kier molecular flexibility index (Phi) is 2.72. The molecular formula is C13H17NO2. The summed E-state index contributed by atoms with van der Waals surface area (Å²) in [5.74, 6) is -0.0109. The van der Waals surface area contributed by atoms with Gasteiger partial charge in [0.1, 0.15) is 5.54 Å². The minimum atomic E-state index is -0.302. The molecule has 0 aromatic heterocycles. The van der Waals surface area contributed by atoms with Crippen LogP contribution in [0.1, 0.15) is 23.6 Å². The second-order valence-electron chi connectivity index (χ2n) is 4.57. The Morgan fingerprint density at radius 3 is 2.50 bits per heavy atom. The van der Waals surface area contributed by atoms with Gasteiger partial charge in [-0.05, 0) is 25.0 Å². The Hall–Kier alpha value is -1.35. The Labute approximate surface area is 95.8 Å². The zero-order chi connectivity index (χ0) is 11.8. The largest absolute Gasteiger partial charge is 0.376 e. The van der Waals surface area contributed by atoms with E-state index in [4.69, 9.17) is 4.74 Å². The average Bonchev–Trinajstić information content (AvgIpc) is 2.12. The molecule has 1 saturated heterocycles. The van der Waals surface area contributed by atoms with Gasteiger partial charge in [-0.15, -0.1) is 0 Å². The number of aryl methyl sites for hydroxylation is 2. The van der Waals surface area contributed by atoms with E-state index in [1.165, 1.54) is 16.7 Å². The lowest BCUT2D eigenvalue weighted by Gasteiger charge is -2.43. The van der Waals surface area contributed by atoms with E-state index < -0.39 is 0 Å². The van der Waals surface area contributed by atoms with E-state index in [-0.39, 0.29) is 11.4 Å². The zero-order valence-corrected chi connectivity index (χ0v) is 9.96. The van der Waals surface area contributed by atoms with Gasteiger partial charge >= 0.3 is 0 Å². The summed E-state index contributed by atoms with van der Waals surface area (Å²) in [4.78, 5) is 11.2. The van der Waals surface area contributed by atoms with Gasteiger partial charge in [-0.25, -0.2) is 0 Å². The number of nitrogens with one attached hydrogen (secondary N) is 1. The molecule has 1 aliphatic heterocycles. The maximum Gasteiger partial charge on any atom is 0.217 e. The van der Waals surface area contributed by atoms with Crippen LogP contribution in [-0.2, 0) is 15.1 Å². The molecule has 1 aromatic rings. The highest BCUT2D eigenvalue weighted by Crippen LogP contribution is 2.32. The predicted molar refractivity (Wildman–Crippen MR) is 62.2 cm³/mol. The number of benzene rings is 1. The third-order valence-electron chi connectivity index (χ3n) is 3.01. The third kappa shape index (κ3) is 1.83. The van der Waals surface area contributed by atoms with Crippen molar-refractivity contribution in [1.82, 2.24) is 5.32 Å². The Balaban J connectivity index is 2.36. The molecule has 1 amide bonds. The van der Waals surface area contributed by atoms with E-state index >= 15 is 0 Å². The molecule has 3 nitrogen and oxygen atoms in total. The molecule has 0 spiro atoms. The van der Waals surface area contributed by atoms with Gasteiger partial charge in [0.15, 0.2) is 0 Å². The number of hydrogen-bond donors (Lipinski definition) is 1. The highest BCUT2D eigenvalue weighted by atomic mass is 16.5. The fourth-order valence-electron chi connectivity index (χ4n) is 2.29. The number of carbonyl (C=O) groups excluding carboxylic acids is 1. The monoisotopic (exact) mass is 219 g/mol. The molecule has 1 fully saturated rings. The summed E-state index contributed by atoms with van der Waals surface area (Å²) in [6.45, 7) is 6.82. The minimum absolute atomic E-state index is 0.0109. The van der Waals surface area contributed by atoms with Crippen LogP contribution in [0.25, 0.3) is 0 Å². The Morgan fingerprint density at radius 2 is 2.06 bits per heavy atom. The van der Waals surface area contributed by atoms with Crippen molar-refractivity contribution < 1.29 is 9.53 Å². The summed E-state index contributed by atoms with van der Waals surface area (Å²) in [5.41, 5.74) is 3.31. The number of hydrogen-bond acceptors (Lipinski definition) is 2. The Morgan fingerprint density at radius 1 is 1.38 bits per heavy atom. The van der Waals surface area contributed by atoms with E-state index in [9.17, 15) is 4.79 Å². The molecule has 0 unspecified atom stereocenters. The van der Waals surface area contributed by atoms with Crippen molar-refractivity contribution >= 4 is 5.91 Å². The Bertz CT molecular complexity index is 422. The summed E-state index contributed by atoms with van der Waals surface area (Å²) < 4.78 is 5.26. The quantitative estimate of drug-likeness (QED) is 0.821. The van der Waals surface area contributed by atoms with Crippen LogP contribution in [-0.4, -0.2) is 19.1 Å². The van der Waals surface area contributed by atoms with Gasteiger partial charge in [-0.2, -0.15) is 0 Å². The van der Waals surface area contributed by atoms with Gasteiger partial charge in [0.2, 0.25) is 5.91 Å². The first-order chi connectivity index (χ1) is 7.53. The molecule has 0 radical (unpaired) electrons. The smallest absolute Gasteiger partial charge is 0.217 e. The first-order valence-electron chi connectivity index (χ1n) is 5.48. The van der Waals surface area contributed by atoms with Crippen LogP contribution in [0.15, 0.2) is 18.2 Å². The molecule has 1 heterocycles. The molecule has 3 heteroatoms. The minimum Gasteiger partial charge on any atom is -0.376 e. The predicted octanol–water partition coefficient (Wildman–Crippen LogP) is 1.67. The normalized spacial score (nSPS) is 17.7. The van der Waals surface area contributed by atoms with Crippen LogP contribution in [0.4, 0.5) is 0 Å². The molecule has 1 aliphatic rings. The number of rotatable bonds is 2. The van der Waals surface area contributed by atoms with Crippen LogP contribution in [0.5, 0.6) is 0 Å². The summed E-state index contributed by atoms with van der Waals surface area (Å²) in [6.07, 6.45) is 0. The molecule has 16 heavy (non-hydrogen) atoms. The first kappa shape index (κ1) is 11.1. The second-order valence-corrected chi connectivity index (χ2v) is 4.57. The van der Waals surface area contributed by atoms with E-state index in [0.29, 0.717) is 13.2 Å². The lowest BCUT2D eigenvalue weighted by atomic mass is 9.84. The third-order valence-corrected chi connectivity index (χ3v) is 3.01. The summed E-state index contributed by atoms with van der Waals surface area (Å²) in [5, 5.41) is 3.01. The van der Waals surface area contributed by atoms with Crippen molar-refractivity contribution in [3.05, 3.63) is 34.9 Å². The van der Waals surface area contributed by atoms with Gasteiger partial charge in [0.05, 0.1) is 13.2 Å². The summed E-state index contributed by atoms with van der Waals surface area (Å²) in [6, 6.07) is 6.30. The SMILES string of the molecule is CC(=O)NC1(c2ccc(C)cc2C)COC1. The van der Waals surface area contributed by atoms with E-state index in [1.807, 2.05) is 0 Å². The van der Waals surface area contributed by atoms with Crippen molar-refractivity contribution in [3.63, 3.8) is 0 Å². The fourth-order valence-corrected chi connectivity index (χ4v) is 2.29. The van der Waals surface area contributed by atoms with Gasteiger partial charge < -0.3 is 10.1 Å². The maximum absolute atomic E-state index is 11.2. The van der Waals surface area contributed by atoms with Crippen LogP contribution >= 0.6 is 0 Å². The molecule has 0 saturated carbocycles. The topological polar surface area (TPSA) is 38.3 Å². The van der Waals surface area contributed by atoms with Gasteiger partial charge in [-0.1, -0.05) is 23.8 Å². The van der Waals surface area contributed by atoms with Crippen LogP contribution in [0.3, 0.4) is 0 Å². The molecule has 0 bridgehead atoms. The number of carbonyl (C=O) groups is 1. The average molecular weight is 219 g/mol. The number of amides is 1. The van der Waals surface area contributed by atoms with E-state index in [2.05, 4.69) is 37.4 Å². The second kappa shape index (κ2) is 3.91. The van der Waals surface area contributed by atoms with Crippen LogP contribution in [0.2, 0.25) is 0 Å². The molecule has 0 atom stereocenters. The zero-order valence-electron chi connectivity index (χ0n) is 9.96. The van der Waals surface area contributed by atoms with Gasteiger partial charge in [-0.3, -0.25) is 4.79 Å². The molecule has 1 aromatic carbocycles. The molecule has 1 N–H and O–H groups in total.